The molecule has 2 aliphatic carbocycles. The molecular formula is C13H20O. The molecule has 1 nitrogen and oxygen atoms in total. The third kappa shape index (κ3) is 1.15. The molecule has 3 atom stereocenters. The summed E-state index contributed by atoms with van der Waals surface area (Å²) in [5.41, 5.74) is 3.42. The normalized spacial score (nSPS) is 43.4. The van der Waals surface area contributed by atoms with E-state index in [1.165, 1.54) is 19.3 Å². The van der Waals surface area contributed by atoms with Crippen LogP contribution in [0.15, 0.2) is 18.6 Å². The predicted molar refractivity (Wildman–Crippen MR) is 57.8 cm³/mol. The van der Waals surface area contributed by atoms with E-state index in [1.54, 1.807) is 6.26 Å². The van der Waals surface area contributed by atoms with Gasteiger partial charge in [0.25, 0.3) is 0 Å². The molecular weight excluding hydrogens is 172 g/mol. The summed E-state index contributed by atoms with van der Waals surface area (Å²) in [5, 5.41) is 0. The van der Waals surface area contributed by atoms with Crippen molar-refractivity contribution in [1.29, 1.82) is 0 Å². The largest absolute Gasteiger partial charge is 0.489 e. The van der Waals surface area contributed by atoms with Gasteiger partial charge in [-0.25, -0.2) is 0 Å². The van der Waals surface area contributed by atoms with Gasteiger partial charge in [-0.3, -0.25) is 0 Å². The van der Waals surface area contributed by atoms with Crippen molar-refractivity contribution in [3.63, 3.8) is 0 Å². The van der Waals surface area contributed by atoms with Gasteiger partial charge in [-0.15, -0.1) is 0 Å². The minimum absolute atomic E-state index is 0.320. The maximum Gasteiger partial charge on any atom is 0.125 e. The van der Waals surface area contributed by atoms with E-state index in [9.17, 15) is 0 Å². The van der Waals surface area contributed by atoms with Crippen molar-refractivity contribution in [2.75, 3.05) is 0 Å². The fraction of sp³-hybridized carbons (Fsp3) is 0.769. The van der Waals surface area contributed by atoms with Crippen molar-refractivity contribution >= 4 is 0 Å². The molecule has 0 saturated heterocycles. The van der Waals surface area contributed by atoms with Crippen LogP contribution in [0.3, 0.4) is 0 Å². The average molecular weight is 192 g/mol. The van der Waals surface area contributed by atoms with Gasteiger partial charge in [0, 0.05) is 10.8 Å². The number of hydrogen-bond acceptors (Lipinski definition) is 1. The molecule has 2 aliphatic rings. The van der Waals surface area contributed by atoms with Crippen LogP contribution in [0.1, 0.15) is 40.0 Å². The van der Waals surface area contributed by atoms with Gasteiger partial charge in [0.1, 0.15) is 12.4 Å². The lowest BCUT2D eigenvalue weighted by atomic mass is 9.70. The third-order valence-electron chi connectivity index (χ3n) is 4.43. The van der Waals surface area contributed by atoms with E-state index in [0.717, 1.165) is 5.92 Å². The molecule has 0 aromatic heterocycles. The highest BCUT2D eigenvalue weighted by Crippen LogP contribution is 2.63. The lowest BCUT2D eigenvalue weighted by Gasteiger charge is -2.41. The second kappa shape index (κ2) is 2.90. The molecule has 0 N–H and O–H groups in total. The van der Waals surface area contributed by atoms with E-state index >= 15 is 0 Å². The molecule has 2 bridgehead atoms. The van der Waals surface area contributed by atoms with Gasteiger partial charge < -0.3 is 4.74 Å². The first-order valence-corrected chi connectivity index (χ1v) is 5.50. The maximum absolute atomic E-state index is 5.81. The van der Waals surface area contributed by atoms with Gasteiger partial charge in [0.15, 0.2) is 0 Å². The standard InChI is InChI=1S/C13H20O/c1-5-8-14-11-12(2,3)10-6-7-13(11,4)9-10/h8,10-11H,1,6-7,9H2,2-4H3/t10-,11+,13+/m0/s1. The summed E-state index contributed by atoms with van der Waals surface area (Å²) in [6.07, 6.45) is 6.01. The lowest BCUT2D eigenvalue weighted by Crippen LogP contribution is -2.41. The Bertz CT molecular complexity index is 281. The predicted octanol–water partition coefficient (Wildman–Crippen LogP) is 3.52. The molecule has 0 heterocycles. The van der Waals surface area contributed by atoms with Crippen molar-refractivity contribution in [3.05, 3.63) is 18.6 Å². The molecule has 2 fully saturated rings. The summed E-state index contributed by atoms with van der Waals surface area (Å²) in [4.78, 5) is 0. The van der Waals surface area contributed by atoms with Gasteiger partial charge in [-0.1, -0.05) is 33.1 Å². The van der Waals surface area contributed by atoms with Crippen LogP contribution in [0.4, 0.5) is 0 Å². The van der Waals surface area contributed by atoms with Crippen LogP contribution in [-0.4, -0.2) is 6.10 Å². The summed E-state index contributed by atoms with van der Waals surface area (Å²) in [6.45, 7) is 10.6. The Morgan fingerprint density at radius 2 is 2.14 bits per heavy atom. The third-order valence-corrected chi connectivity index (χ3v) is 4.43. The van der Waals surface area contributed by atoms with Crippen molar-refractivity contribution in [3.8, 4) is 0 Å². The van der Waals surface area contributed by atoms with Crippen molar-refractivity contribution in [2.45, 2.75) is 46.1 Å². The van der Waals surface area contributed by atoms with Crippen LogP contribution >= 0.6 is 0 Å². The van der Waals surface area contributed by atoms with Crippen LogP contribution in [0, 0.1) is 16.7 Å². The highest BCUT2D eigenvalue weighted by Gasteiger charge is 2.60. The molecule has 0 amide bonds. The van der Waals surface area contributed by atoms with Crippen LogP contribution in [0.2, 0.25) is 0 Å². The molecule has 78 valence electrons. The Balaban J connectivity index is 2.25. The Morgan fingerprint density at radius 1 is 1.43 bits per heavy atom. The van der Waals surface area contributed by atoms with Gasteiger partial charge in [-0.05, 0) is 25.2 Å². The Kier molecular flexibility index (Phi) is 2.04. The molecule has 2 saturated carbocycles. The molecule has 0 spiro atoms. The molecule has 0 aromatic carbocycles. The highest BCUT2D eigenvalue weighted by atomic mass is 16.5. The first-order chi connectivity index (χ1) is 6.50. The SMILES string of the molecule is C=C=CO[C@@H]1C(C)(C)[C@H]2CC[C@]1(C)C2. The van der Waals surface area contributed by atoms with Gasteiger partial charge in [0.05, 0.1) is 0 Å². The zero-order valence-corrected chi connectivity index (χ0v) is 9.47. The van der Waals surface area contributed by atoms with E-state index < -0.39 is 0 Å². The number of ether oxygens (including phenoxy) is 1. The van der Waals surface area contributed by atoms with Crippen LogP contribution in [0.5, 0.6) is 0 Å². The molecule has 14 heavy (non-hydrogen) atoms. The van der Waals surface area contributed by atoms with Crippen molar-refractivity contribution < 1.29 is 4.74 Å². The maximum atomic E-state index is 5.81. The molecule has 1 heteroatoms. The Labute approximate surface area is 86.8 Å². The Morgan fingerprint density at radius 3 is 2.64 bits per heavy atom. The van der Waals surface area contributed by atoms with Gasteiger partial charge >= 0.3 is 0 Å². The van der Waals surface area contributed by atoms with Crippen molar-refractivity contribution in [1.82, 2.24) is 0 Å². The first-order valence-electron chi connectivity index (χ1n) is 5.50. The first kappa shape index (κ1) is 9.86. The van der Waals surface area contributed by atoms with Crippen LogP contribution < -0.4 is 0 Å². The molecule has 2 rings (SSSR count). The van der Waals surface area contributed by atoms with Crippen LogP contribution in [-0.2, 0) is 4.74 Å². The molecule has 0 unspecified atom stereocenters. The zero-order valence-electron chi connectivity index (χ0n) is 9.47. The van der Waals surface area contributed by atoms with E-state index in [1.807, 2.05) is 0 Å². The average Bonchev–Trinajstić information content (AvgIpc) is 2.55. The summed E-state index contributed by atoms with van der Waals surface area (Å²) < 4.78 is 5.81. The lowest BCUT2D eigenvalue weighted by molar-refractivity contribution is -0.0438. The fourth-order valence-corrected chi connectivity index (χ4v) is 3.71. The highest BCUT2D eigenvalue weighted by molar-refractivity contribution is 5.10. The second-order valence-electron chi connectivity index (χ2n) is 5.75. The topological polar surface area (TPSA) is 9.23 Å². The van der Waals surface area contributed by atoms with E-state index in [0.29, 0.717) is 16.9 Å². The minimum Gasteiger partial charge on any atom is -0.489 e. The molecule has 0 aromatic rings. The zero-order chi connectivity index (χ0) is 10.4. The second-order valence-corrected chi connectivity index (χ2v) is 5.75. The minimum atomic E-state index is 0.320. The van der Waals surface area contributed by atoms with E-state index in [4.69, 9.17) is 4.74 Å². The van der Waals surface area contributed by atoms with Gasteiger partial charge in [0.2, 0.25) is 0 Å². The number of hydrogen-bond donors (Lipinski definition) is 0. The number of rotatable bonds is 2. The Hall–Kier alpha value is -0.680. The summed E-state index contributed by atoms with van der Waals surface area (Å²) >= 11 is 0. The fourth-order valence-electron chi connectivity index (χ4n) is 3.71. The summed E-state index contributed by atoms with van der Waals surface area (Å²) in [6, 6.07) is 0. The van der Waals surface area contributed by atoms with Crippen molar-refractivity contribution in [2.24, 2.45) is 16.7 Å². The molecule has 0 radical (unpaired) electrons. The number of fused-ring (bicyclic) bond motifs is 2. The monoisotopic (exact) mass is 192 g/mol. The van der Waals surface area contributed by atoms with E-state index in [2.05, 4.69) is 33.1 Å². The quantitative estimate of drug-likeness (QED) is 0.480. The summed E-state index contributed by atoms with van der Waals surface area (Å²) in [7, 11) is 0. The van der Waals surface area contributed by atoms with E-state index in [-0.39, 0.29) is 0 Å². The van der Waals surface area contributed by atoms with Crippen LogP contribution in [0.25, 0.3) is 0 Å². The summed E-state index contributed by atoms with van der Waals surface area (Å²) in [5.74, 6) is 0.843. The van der Waals surface area contributed by atoms with Gasteiger partial charge in [-0.2, -0.15) is 0 Å². The smallest absolute Gasteiger partial charge is 0.125 e. The molecule has 0 aliphatic heterocycles.